The van der Waals surface area contributed by atoms with Crippen LogP contribution in [0.15, 0.2) is 0 Å². The van der Waals surface area contributed by atoms with Crippen molar-refractivity contribution in [2.24, 2.45) is 5.92 Å². The SMILES string of the molecule is CC(C)(C)OC(=O)N[C@@H](CCC1CCN(C(=O)OC(C)(C)C)CC1)C(=O)O. The van der Waals surface area contributed by atoms with E-state index in [0.717, 1.165) is 12.8 Å². The maximum atomic E-state index is 12.1. The molecule has 0 aromatic heterocycles. The number of alkyl carbamates (subject to hydrolysis) is 1. The first-order valence-corrected chi connectivity index (χ1v) is 9.47. The number of carbonyl (C=O) groups excluding carboxylic acids is 2. The minimum absolute atomic E-state index is 0.309. The third-order valence-corrected chi connectivity index (χ3v) is 4.12. The number of carbonyl (C=O) groups is 3. The summed E-state index contributed by atoms with van der Waals surface area (Å²) in [5.74, 6) is -0.766. The molecule has 0 aliphatic carbocycles. The molecule has 1 rings (SSSR count). The number of hydrogen-bond acceptors (Lipinski definition) is 5. The van der Waals surface area contributed by atoms with Crippen molar-refractivity contribution in [1.82, 2.24) is 10.2 Å². The first-order valence-electron chi connectivity index (χ1n) is 9.47. The third kappa shape index (κ3) is 9.49. The fraction of sp³-hybridized carbons (Fsp3) is 0.842. The van der Waals surface area contributed by atoms with Crippen LogP contribution < -0.4 is 5.32 Å². The van der Waals surface area contributed by atoms with Crippen molar-refractivity contribution in [2.45, 2.75) is 84.5 Å². The largest absolute Gasteiger partial charge is 0.480 e. The summed E-state index contributed by atoms with van der Waals surface area (Å²) in [6.07, 6.45) is 1.53. The van der Waals surface area contributed by atoms with E-state index in [-0.39, 0.29) is 6.09 Å². The van der Waals surface area contributed by atoms with Gasteiger partial charge in [0.1, 0.15) is 17.2 Å². The van der Waals surface area contributed by atoms with Crippen molar-refractivity contribution in [3.8, 4) is 0 Å². The van der Waals surface area contributed by atoms with Crippen LogP contribution in [-0.2, 0) is 14.3 Å². The predicted octanol–water partition coefficient (Wildman–Crippen LogP) is 3.39. The molecule has 0 aromatic carbocycles. The van der Waals surface area contributed by atoms with Crippen LogP contribution in [0.1, 0.15) is 67.2 Å². The van der Waals surface area contributed by atoms with Crippen LogP contribution in [0.25, 0.3) is 0 Å². The molecular weight excluding hydrogens is 352 g/mol. The Labute approximate surface area is 161 Å². The van der Waals surface area contributed by atoms with Gasteiger partial charge in [0, 0.05) is 13.1 Å². The Morgan fingerprint density at radius 3 is 2.00 bits per heavy atom. The van der Waals surface area contributed by atoms with Crippen LogP contribution >= 0.6 is 0 Å². The second-order valence-corrected chi connectivity index (χ2v) is 9.03. The molecule has 2 N–H and O–H groups in total. The Balaban J connectivity index is 2.43. The zero-order chi connectivity index (χ0) is 20.8. The number of ether oxygens (including phenoxy) is 2. The lowest BCUT2D eigenvalue weighted by molar-refractivity contribution is -0.139. The quantitative estimate of drug-likeness (QED) is 0.750. The first kappa shape index (κ1) is 23.0. The molecule has 0 saturated carbocycles. The lowest BCUT2D eigenvalue weighted by Crippen LogP contribution is -2.44. The molecular formula is C19H34N2O6. The summed E-state index contributed by atoms with van der Waals surface area (Å²) in [4.78, 5) is 37.0. The van der Waals surface area contributed by atoms with E-state index in [9.17, 15) is 19.5 Å². The normalized spacial score (nSPS) is 17.2. The molecule has 156 valence electrons. The monoisotopic (exact) mass is 386 g/mol. The average molecular weight is 386 g/mol. The molecule has 0 radical (unpaired) electrons. The molecule has 27 heavy (non-hydrogen) atoms. The number of amides is 2. The van der Waals surface area contributed by atoms with Gasteiger partial charge in [0.2, 0.25) is 0 Å². The van der Waals surface area contributed by atoms with Crippen LogP contribution in [0, 0.1) is 5.92 Å². The van der Waals surface area contributed by atoms with Crippen LogP contribution in [0.3, 0.4) is 0 Å². The van der Waals surface area contributed by atoms with Gasteiger partial charge in [-0.25, -0.2) is 14.4 Å². The van der Waals surface area contributed by atoms with Crippen molar-refractivity contribution in [3.05, 3.63) is 0 Å². The smallest absolute Gasteiger partial charge is 0.410 e. The first-order chi connectivity index (χ1) is 12.3. The van der Waals surface area contributed by atoms with Gasteiger partial charge in [0.25, 0.3) is 0 Å². The fourth-order valence-electron chi connectivity index (χ4n) is 2.84. The Kier molecular flexibility index (Phi) is 7.92. The molecule has 0 bridgehead atoms. The number of aliphatic carboxylic acids is 1. The minimum Gasteiger partial charge on any atom is -0.480 e. The van der Waals surface area contributed by atoms with Crippen molar-refractivity contribution >= 4 is 18.2 Å². The van der Waals surface area contributed by atoms with Crippen molar-refractivity contribution in [3.63, 3.8) is 0 Å². The van der Waals surface area contributed by atoms with Gasteiger partial charge in [-0.15, -0.1) is 0 Å². The molecule has 1 aliphatic rings. The molecule has 0 aromatic rings. The third-order valence-electron chi connectivity index (χ3n) is 4.12. The highest BCUT2D eigenvalue weighted by molar-refractivity contribution is 5.79. The van der Waals surface area contributed by atoms with Gasteiger partial charge in [-0.1, -0.05) is 0 Å². The van der Waals surface area contributed by atoms with Crippen LogP contribution in [0.2, 0.25) is 0 Å². The molecule has 0 spiro atoms. The summed E-state index contributed by atoms with van der Waals surface area (Å²) >= 11 is 0. The summed E-state index contributed by atoms with van der Waals surface area (Å²) < 4.78 is 10.5. The average Bonchev–Trinajstić information content (AvgIpc) is 2.48. The van der Waals surface area contributed by atoms with Gasteiger partial charge in [-0.3, -0.25) is 0 Å². The van der Waals surface area contributed by atoms with E-state index < -0.39 is 29.3 Å². The van der Waals surface area contributed by atoms with E-state index >= 15 is 0 Å². The molecule has 0 unspecified atom stereocenters. The second kappa shape index (κ2) is 9.28. The van der Waals surface area contributed by atoms with Gasteiger partial charge in [0.15, 0.2) is 0 Å². The Morgan fingerprint density at radius 2 is 1.56 bits per heavy atom. The topological polar surface area (TPSA) is 105 Å². The van der Waals surface area contributed by atoms with Gasteiger partial charge in [-0.2, -0.15) is 0 Å². The highest BCUT2D eigenvalue weighted by Crippen LogP contribution is 2.24. The van der Waals surface area contributed by atoms with Gasteiger partial charge < -0.3 is 24.8 Å². The summed E-state index contributed by atoms with van der Waals surface area (Å²) in [6, 6.07) is -0.983. The highest BCUT2D eigenvalue weighted by atomic mass is 16.6. The highest BCUT2D eigenvalue weighted by Gasteiger charge is 2.29. The van der Waals surface area contributed by atoms with E-state index in [1.807, 2.05) is 20.8 Å². The predicted molar refractivity (Wildman–Crippen MR) is 101 cm³/mol. The van der Waals surface area contributed by atoms with Crippen molar-refractivity contribution in [2.75, 3.05) is 13.1 Å². The number of nitrogens with one attached hydrogen (secondary N) is 1. The summed E-state index contributed by atoms with van der Waals surface area (Å²) in [5.41, 5.74) is -1.20. The standard InChI is InChI=1S/C19H34N2O6/c1-18(2,3)26-16(24)20-14(15(22)23)8-7-13-9-11-21(12-10-13)17(25)27-19(4,5)6/h13-14H,7-12H2,1-6H3,(H,20,24)(H,22,23)/t14-/m0/s1. The molecule has 8 nitrogen and oxygen atoms in total. The lowest BCUT2D eigenvalue weighted by Gasteiger charge is -2.33. The van der Waals surface area contributed by atoms with Crippen molar-refractivity contribution < 1.29 is 29.0 Å². The number of piperidine rings is 1. The number of carboxylic acids is 1. The van der Waals surface area contributed by atoms with Crippen LogP contribution in [0.4, 0.5) is 9.59 Å². The number of nitrogens with zero attached hydrogens (tertiary/aromatic N) is 1. The van der Waals surface area contributed by atoms with E-state index in [2.05, 4.69) is 5.32 Å². The number of hydrogen-bond donors (Lipinski definition) is 2. The lowest BCUT2D eigenvalue weighted by atomic mass is 9.90. The fourth-order valence-corrected chi connectivity index (χ4v) is 2.84. The van der Waals surface area contributed by atoms with E-state index in [4.69, 9.17) is 9.47 Å². The maximum Gasteiger partial charge on any atom is 0.410 e. The van der Waals surface area contributed by atoms with Gasteiger partial charge in [0.05, 0.1) is 0 Å². The molecule has 8 heteroatoms. The second-order valence-electron chi connectivity index (χ2n) is 9.03. The van der Waals surface area contributed by atoms with E-state index in [1.54, 1.807) is 25.7 Å². The van der Waals surface area contributed by atoms with Gasteiger partial charge in [-0.05, 0) is 73.1 Å². The molecule has 1 fully saturated rings. The zero-order valence-electron chi connectivity index (χ0n) is 17.3. The van der Waals surface area contributed by atoms with E-state index in [1.165, 1.54) is 0 Å². The zero-order valence-corrected chi connectivity index (χ0v) is 17.3. The number of likely N-dealkylation sites (tertiary alicyclic amines) is 1. The van der Waals surface area contributed by atoms with Crippen LogP contribution in [-0.4, -0.2) is 58.5 Å². The number of rotatable bonds is 5. The Hall–Kier alpha value is -1.99. The van der Waals surface area contributed by atoms with E-state index in [0.29, 0.717) is 31.8 Å². The molecule has 1 saturated heterocycles. The Morgan fingerprint density at radius 1 is 1.04 bits per heavy atom. The Bertz CT molecular complexity index is 527. The van der Waals surface area contributed by atoms with Gasteiger partial charge >= 0.3 is 18.2 Å². The number of carboxylic acid groups (broad SMARTS) is 1. The molecule has 2 amide bonds. The maximum absolute atomic E-state index is 12.1. The summed E-state index contributed by atoms with van der Waals surface area (Å²) in [7, 11) is 0. The molecule has 1 atom stereocenters. The molecule has 1 aliphatic heterocycles. The van der Waals surface area contributed by atoms with Crippen molar-refractivity contribution in [1.29, 1.82) is 0 Å². The molecule has 1 heterocycles. The minimum atomic E-state index is -1.08. The summed E-state index contributed by atoms with van der Waals surface area (Å²) in [5, 5.41) is 11.8. The van der Waals surface area contributed by atoms with Crippen LogP contribution in [0.5, 0.6) is 0 Å². The summed E-state index contributed by atoms with van der Waals surface area (Å²) in [6.45, 7) is 11.9.